The van der Waals surface area contributed by atoms with Crippen LogP contribution in [0.2, 0.25) is 5.02 Å². The quantitative estimate of drug-likeness (QED) is 0.933. The third-order valence-corrected chi connectivity index (χ3v) is 3.03. The molecule has 0 fully saturated rings. The van der Waals surface area contributed by atoms with E-state index in [9.17, 15) is 0 Å². The second kappa shape index (κ2) is 5.45. The SMILES string of the molecule is CNc1cc(-c2cc(Cl)cc(C)c2OC)nc(C)n1. The molecule has 0 aliphatic carbocycles. The van der Waals surface area contributed by atoms with E-state index in [0.29, 0.717) is 10.8 Å². The highest BCUT2D eigenvalue weighted by Crippen LogP contribution is 2.35. The van der Waals surface area contributed by atoms with Gasteiger partial charge in [0.1, 0.15) is 17.4 Å². The van der Waals surface area contributed by atoms with E-state index in [0.717, 1.165) is 28.4 Å². The number of nitrogens with one attached hydrogen (secondary N) is 1. The van der Waals surface area contributed by atoms with Gasteiger partial charge in [0.05, 0.1) is 12.8 Å². The summed E-state index contributed by atoms with van der Waals surface area (Å²) in [4.78, 5) is 8.74. The molecule has 0 unspecified atom stereocenters. The van der Waals surface area contributed by atoms with Crippen LogP contribution in [0.4, 0.5) is 5.82 Å². The van der Waals surface area contributed by atoms with Gasteiger partial charge in [0, 0.05) is 23.7 Å². The van der Waals surface area contributed by atoms with Gasteiger partial charge in [-0.2, -0.15) is 0 Å². The molecule has 0 aliphatic heterocycles. The first kappa shape index (κ1) is 13.6. The van der Waals surface area contributed by atoms with Crippen molar-refractivity contribution in [1.29, 1.82) is 0 Å². The van der Waals surface area contributed by atoms with Crippen LogP contribution in [0.15, 0.2) is 18.2 Å². The van der Waals surface area contributed by atoms with Crippen molar-refractivity contribution in [2.24, 2.45) is 0 Å². The summed E-state index contributed by atoms with van der Waals surface area (Å²) in [5.74, 6) is 2.24. The van der Waals surface area contributed by atoms with E-state index in [2.05, 4.69) is 15.3 Å². The number of aromatic nitrogens is 2. The lowest BCUT2D eigenvalue weighted by Gasteiger charge is -2.13. The molecule has 0 amide bonds. The Morgan fingerprint density at radius 2 is 1.89 bits per heavy atom. The van der Waals surface area contributed by atoms with E-state index < -0.39 is 0 Å². The Bertz CT molecular complexity index is 614. The third kappa shape index (κ3) is 2.79. The van der Waals surface area contributed by atoms with E-state index in [4.69, 9.17) is 16.3 Å². The van der Waals surface area contributed by atoms with Crippen molar-refractivity contribution in [2.45, 2.75) is 13.8 Å². The van der Waals surface area contributed by atoms with Crippen LogP contribution in [0.25, 0.3) is 11.3 Å². The van der Waals surface area contributed by atoms with Crippen LogP contribution in [-0.2, 0) is 0 Å². The average molecular weight is 278 g/mol. The van der Waals surface area contributed by atoms with Gasteiger partial charge in [-0.1, -0.05) is 11.6 Å². The molecule has 4 nitrogen and oxygen atoms in total. The number of hydrogen-bond donors (Lipinski definition) is 1. The number of benzene rings is 1. The summed E-state index contributed by atoms with van der Waals surface area (Å²) in [5, 5.41) is 3.68. The fourth-order valence-corrected chi connectivity index (χ4v) is 2.30. The molecule has 0 radical (unpaired) electrons. The standard InChI is InChI=1S/C14H16ClN3O/c1-8-5-10(15)6-11(14(8)19-4)12-7-13(16-3)18-9(2)17-12/h5-7H,1-4H3,(H,16,17,18). The zero-order valence-electron chi connectivity index (χ0n) is 11.4. The molecule has 2 rings (SSSR count). The first-order chi connectivity index (χ1) is 9.05. The van der Waals surface area contributed by atoms with Gasteiger partial charge < -0.3 is 10.1 Å². The van der Waals surface area contributed by atoms with E-state index >= 15 is 0 Å². The maximum atomic E-state index is 6.13. The van der Waals surface area contributed by atoms with Gasteiger partial charge in [0.25, 0.3) is 0 Å². The molecule has 19 heavy (non-hydrogen) atoms. The summed E-state index contributed by atoms with van der Waals surface area (Å²) in [6, 6.07) is 5.60. The zero-order valence-corrected chi connectivity index (χ0v) is 12.2. The predicted octanol–water partition coefficient (Wildman–Crippen LogP) is 3.46. The Morgan fingerprint density at radius 1 is 1.16 bits per heavy atom. The lowest BCUT2D eigenvalue weighted by atomic mass is 10.1. The molecular formula is C14H16ClN3O. The van der Waals surface area contributed by atoms with Crippen LogP contribution in [0, 0.1) is 13.8 Å². The monoisotopic (exact) mass is 277 g/mol. The van der Waals surface area contributed by atoms with Crippen molar-refractivity contribution in [3.63, 3.8) is 0 Å². The number of ether oxygens (including phenoxy) is 1. The van der Waals surface area contributed by atoms with Gasteiger partial charge in [-0.15, -0.1) is 0 Å². The molecule has 0 spiro atoms. The minimum atomic E-state index is 0.663. The van der Waals surface area contributed by atoms with Crippen molar-refractivity contribution in [2.75, 3.05) is 19.5 Å². The van der Waals surface area contributed by atoms with Crippen molar-refractivity contribution < 1.29 is 4.74 Å². The molecule has 0 aliphatic rings. The fourth-order valence-electron chi connectivity index (χ4n) is 2.02. The molecule has 2 aromatic rings. The summed E-state index contributed by atoms with van der Waals surface area (Å²) in [5.41, 5.74) is 2.64. The number of nitrogens with zero attached hydrogens (tertiary/aromatic N) is 2. The van der Waals surface area contributed by atoms with Crippen LogP contribution in [-0.4, -0.2) is 24.1 Å². The Balaban J connectivity index is 2.67. The second-order valence-corrected chi connectivity index (χ2v) is 4.68. The number of hydrogen-bond acceptors (Lipinski definition) is 4. The number of anilines is 1. The summed E-state index contributed by atoms with van der Waals surface area (Å²) < 4.78 is 5.46. The van der Waals surface area contributed by atoms with Gasteiger partial charge in [-0.05, 0) is 31.5 Å². The summed E-state index contributed by atoms with van der Waals surface area (Å²) in [7, 11) is 3.47. The molecule has 0 bridgehead atoms. The molecule has 1 aromatic carbocycles. The minimum Gasteiger partial charge on any atom is -0.496 e. The Kier molecular flexibility index (Phi) is 3.90. The molecule has 1 heterocycles. The van der Waals surface area contributed by atoms with Gasteiger partial charge in [0.15, 0.2) is 0 Å². The van der Waals surface area contributed by atoms with Gasteiger partial charge in [-0.3, -0.25) is 0 Å². The van der Waals surface area contributed by atoms with Gasteiger partial charge >= 0.3 is 0 Å². The second-order valence-electron chi connectivity index (χ2n) is 4.24. The number of aryl methyl sites for hydroxylation is 2. The lowest BCUT2D eigenvalue weighted by molar-refractivity contribution is 0.413. The third-order valence-electron chi connectivity index (χ3n) is 2.81. The molecule has 5 heteroatoms. The first-order valence-electron chi connectivity index (χ1n) is 5.93. The Morgan fingerprint density at radius 3 is 2.53 bits per heavy atom. The van der Waals surface area contributed by atoms with Crippen LogP contribution in [0.3, 0.4) is 0 Å². The van der Waals surface area contributed by atoms with Crippen molar-refractivity contribution in [3.8, 4) is 17.0 Å². The number of rotatable bonds is 3. The van der Waals surface area contributed by atoms with Crippen molar-refractivity contribution in [3.05, 3.63) is 34.6 Å². The molecule has 1 N–H and O–H groups in total. The molecule has 0 atom stereocenters. The normalized spacial score (nSPS) is 10.4. The summed E-state index contributed by atoms with van der Waals surface area (Å²) in [6.07, 6.45) is 0. The van der Waals surface area contributed by atoms with Crippen molar-refractivity contribution >= 4 is 17.4 Å². The van der Waals surface area contributed by atoms with Gasteiger partial charge in [0.2, 0.25) is 0 Å². The Labute approximate surface area is 117 Å². The lowest BCUT2D eigenvalue weighted by Crippen LogP contribution is -2.00. The summed E-state index contributed by atoms with van der Waals surface area (Å²) >= 11 is 6.13. The highest BCUT2D eigenvalue weighted by Gasteiger charge is 2.13. The molecular weight excluding hydrogens is 262 g/mol. The van der Waals surface area contributed by atoms with E-state index in [1.807, 2.05) is 39.1 Å². The zero-order chi connectivity index (χ0) is 14.0. The fraction of sp³-hybridized carbons (Fsp3) is 0.286. The van der Waals surface area contributed by atoms with Crippen molar-refractivity contribution in [1.82, 2.24) is 9.97 Å². The minimum absolute atomic E-state index is 0.663. The van der Waals surface area contributed by atoms with Gasteiger partial charge in [-0.25, -0.2) is 9.97 Å². The summed E-state index contributed by atoms with van der Waals surface area (Å²) in [6.45, 7) is 3.81. The molecule has 0 saturated heterocycles. The highest BCUT2D eigenvalue weighted by atomic mass is 35.5. The van der Waals surface area contributed by atoms with Crippen LogP contribution >= 0.6 is 11.6 Å². The predicted molar refractivity (Wildman–Crippen MR) is 78.1 cm³/mol. The first-order valence-corrected chi connectivity index (χ1v) is 6.31. The van der Waals surface area contributed by atoms with E-state index in [1.165, 1.54) is 0 Å². The Hall–Kier alpha value is -1.81. The topological polar surface area (TPSA) is 47.0 Å². The number of halogens is 1. The maximum absolute atomic E-state index is 6.13. The smallest absolute Gasteiger partial charge is 0.131 e. The van der Waals surface area contributed by atoms with Crippen LogP contribution in [0.1, 0.15) is 11.4 Å². The van der Waals surface area contributed by atoms with E-state index in [-0.39, 0.29) is 0 Å². The molecule has 0 saturated carbocycles. The number of methoxy groups -OCH3 is 1. The van der Waals surface area contributed by atoms with Crippen LogP contribution in [0.5, 0.6) is 5.75 Å². The highest BCUT2D eigenvalue weighted by molar-refractivity contribution is 6.31. The van der Waals surface area contributed by atoms with E-state index in [1.54, 1.807) is 7.11 Å². The molecule has 100 valence electrons. The maximum Gasteiger partial charge on any atom is 0.131 e. The largest absolute Gasteiger partial charge is 0.496 e. The van der Waals surface area contributed by atoms with Crippen LogP contribution < -0.4 is 10.1 Å². The molecule has 1 aromatic heterocycles. The average Bonchev–Trinajstić information content (AvgIpc) is 2.37.